The second kappa shape index (κ2) is 8.49. The summed E-state index contributed by atoms with van der Waals surface area (Å²) in [5.74, 6) is 0. The van der Waals surface area contributed by atoms with Crippen LogP contribution >= 0.6 is 54.9 Å². The van der Waals surface area contributed by atoms with Gasteiger partial charge >= 0.3 is 54.9 Å². The van der Waals surface area contributed by atoms with Crippen molar-refractivity contribution in [3.8, 4) is 0 Å². The molecule has 0 saturated carbocycles. The predicted molar refractivity (Wildman–Crippen MR) is 51.2 cm³/mol. The molecule has 0 aromatic heterocycles. The summed E-state index contributed by atoms with van der Waals surface area (Å²) in [5.41, 5.74) is 0. The third kappa shape index (κ3) is 8.49. The predicted octanol–water partition coefficient (Wildman–Crippen LogP) is 5.49. The van der Waals surface area contributed by atoms with Gasteiger partial charge in [-0.05, 0) is 0 Å². The molecule has 1 unspecified atom stereocenters. The summed E-state index contributed by atoms with van der Waals surface area (Å²) in [5, 5.41) is 0. The van der Waals surface area contributed by atoms with Crippen LogP contribution in [0.25, 0.3) is 0 Å². The fourth-order valence-corrected chi connectivity index (χ4v) is 14.3. The van der Waals surface area contributed by atoms with E-state index in [2.05, 4.69) is 17.3 Å². The van der Waals surface area contributed by atoms with Gasteiger partial charge in [-0.3, -0.25) is 0 Å². The van der Waals surface area contributed by atoms with Crippen LogP contribution in [0.2, 0.25) is 0 Å². The summed E-state index contributed by atoms with van der Waals surface area (Å²) >= 11 is 0. The van der Waals surface area contributed by atoms with Gasteiger partial charge in [0.15, 0.2) is 0 Å². The Morgan fingerprint density at radius 2 is 2.14 bits per heavy atom. The molecule has 0 rings (SSSR count). The van der Waals surface area contributed by atoms with E-state index in [1.54, 1.807) is 0 Å². The van der Waals surface area contributed by atoms with Gasteiger partial charge in [-0.15, -0.1) is 0 Å². The Labute approximate surface area is 55.2 Å². The summed E-state index contributed by atoms with van der Waals surface area (Å²) in [6, 6.07) is 0. The Balaban J connectivity index is 3.33. The molecular formula is H2P7+. The molecule has 0 amide bonds. The van der Waals surface area contributed by atoms with E-state index in [1.807, 2.05) is 0 Å². The minimum atomic E-state index is 1.19. The van der Waals surface area contributed by atoms with Gasteiger partial charge in [0.05, 0.1) is 0 Å². The molecule has 0 aliphatic heterocycles. The summed E-state index contributed by atoms with van der Waals surface area (Å²) in [6.07, 6.45) is 0. The monoisotopic (exact) mass is 219 g/mol. The van der Waals surface area contributed by atoms with Crippen LogP contribution in [-0.2, 0) is 0 Å². The van der Waals surface area contributed by atoms with Gasteiger partial charge in [0.1, 0.15) is 0 Å². The fraction of sp³-hybridized carbons (Fsp3) is 0. The van der Waals surface area contributed by atoms with E-state index in [9.17, 15) is 0 Å². The first-order valence-corrected chi connectivity index (χ1v) is 11.3. The first-order valence-electron chi connectivity index (χ1n) is 1.26. The average molecular weight is 219 g/mol. The van der Waals surface area contributed by atoms with Crippen molar-refractivity contribution < 1.29 is 0 Å². The third-order valence-electron chi connectivity index (χ3n) is 0.172. The Kier molecular flexibility index (Phi) is 11.5. The van der Waals surface area contributed by atoms with Gasteiger partial charge in [0.25, 0.3) is 0 Å². The van der Waals surface area contributed by atoms with Crippen molar-refractivity contribution in [3.63, 3.8) is 0 Å². The normalized spacial score (nSPS) is 10.9. The molecule has 0 fully saturated rings. The molecule has 0 aliphatic rings. The van der Waals surface area contributed by atoms with E-state index in [0.29, 0.717) is 0 Å². The van der Waals surface area contributed by atoms with E-state index in [0.717, 1.165) is 0 Å². The average Bonchev–Trinajstić information content (AvgIpc) is 1.69. The number of hydrogen-bond acceptors (Lipinski definition) is 0. The maximum absolute atomic E-state index is 4.03. The van der Waals surface area contributed by atoms with Crippen molar-refractivity contribution in [2.45, 2.75) is 0 Å². The summed E-state index contributed by atoms with van der Waals surface area (Å²) < 4.78 is 0. The van der Waals surface area contributed by atoms with Gasteiger partial charge in [-0.25, -0.2) is 0 Å². The van der Waals surface area contributed by atoms with Crippen LogP contribution in [0.3, 0.4) is 0 Å². The molecule has 1 atom stereocenters. The Morgan fingerprint density at radius 1 is 1.43 bits per heavy atom. The second-order valence-corrected chi connectivity index (χ2v) is 12.8. The van der Waals surface area contributed by atoms with Gasteiger partial charge in [0, 0.05) is 0 Å². The molecule has 0 heterocycles. The Hall–Kier alpha value is 2.49. The fourth-order valence-electron chi connectivity index (χ4n) is 0.0589. The van der Waals surface area contributed by atoms with Crippen LogP contribution in [0.4, 0.5) is 0 Å². The molecule has 7 heteroatoms. The van der Waals surface area contributed by atoms with Crippen molar-refractivity contribution in [1.82, 2.24) is 0 Å². The van der Waals surface area contributed by atoms with Crippen LogP contribution in [0.15, 0.2) is 0 Å². The van der Waals surface area contributed by atoms with Gasteiger partial charge < -0.3 is 0 Å². The van der Waals surface area contributed by atoms with Crippen molar-refractivity contribution in [1.29, 1.82) is 0 Å². The molecule has 0 aliphatic carbocycles. The molecular weight excluding hydrogens is 217 g/mol. The van der Waals surface area contributed by atoms with E-state index in [1.165, 1.54) is 37.6 Å². The first kappa shape index (κ1) is 9.49. The molecule has 0 saturated heterocycles. The maximum atomic E-state index is 4.03. The summed E-state index contributed by atoms with van der Waals surface area (Å²) in [7, 11) is 13.6. The van der Waals surface area contributed by atoms with Crippen LogP contribution < -0.4 is 0 Å². The van der Waals surface area contributed by atoms with E-state index < -0.39 is 0 Å². The molecule has 0 radical (unpaired) electrons. The van der Waals surface area contributed by atoms with E-state index in [-0.39, 0.29) is 0 Å². The minimum absolute atomic E-state index is 1.19. The van der Waals surface area contributed by atoms with Crippen LogP contribution in [0, 0.1) is 0 Å². The Morgan fingerprint density at radius 3 is 2.57 bits per heavy atom. The quantitative estimate of drug-likeness (QED) is 0.511. The zero-order chi connectivity index (χ0) is 5.54. The molecule has 36 valence electrons. The zero-order valence-electron chi connectivity index (χ0n) is 3.26. The standard InChI is InChI=1S/H2P7/c1-3-5-7-6-4-2/h1H2/q+1. The molecule has 0 spiro atoms. The van der Waals surface area contributed by atoms with Crippen molar-refractivity contribution in [2.75, 3.05) is 0 Å². The van der Waals surface area contributed by atoms with Crippen LogP contribution in [0.5, 0.6) is 0 Å². The third-order valence-corrected chi connectivity index (χ3v) is 13.9. The summed E-state index contributed by atoms with van der Waals surface area (Å²) in [4.78, 5) is 0. The zero-order valence-corrected chi connectivity index (χ0v) is 9.78. The van der Waals surface area contributed by atoms with Crippen LogP contribution in [0.1, 0.15) is 0 Å². The first-order chi connectivity index (χ1) is 3.41. The summed E-state index contributed by atoms with van der Waals surface area (Å²) in [6.45, 7) is 0. The van der Waals surface area contributed by atoms with Crippen LogP contribution in [-0.4, -0.2) is 0 Å². The number of rotatable bonds is 1. The SMILES string of the molecule is P#[P+]P=PP=PP. The van der Waals surface area contributed by atoms with Gasteiger partial charge in [0.2, 0.25) is 0 Å². The molecule has 0 aromatic rings. The number of hydrogen-bond donors (Lipinski definition) is 0. The van der Waals surface area contributed by atoms with Crippen molar-refractivity contribution in [3.05, 3.63) is 0 Å². The van der Waals surface area contributed by atoms with E-state index in [4.69, 9.17) is 0 Å². The molecule has 0 bridgehead atoms. The van der Waals surface area contributed by atoms with E-state index >= 15 is 0 Å². The van der Waals surface area contributed by atoms with Gasteiger partial charge in [-0.2, -0.15) is 0 Å². The van der Waals surface area contributed by atoms with Crippen molar-refractivity contribution in [2.24, 2.45) is 0 Å². The van der Waals surface area contributed by atoms with Gasteiger partial charge in [-0.1, -0.05) is 0 Å². The molecule has 0 nitrogen and oxygen atoms in total. The topological polar surface area (TPSA) is 0 Å². The second-order valence-electron chi connectivity index (χ2n) is 0.473. The molecule has 0 N–H and O–H groups in total. The molecule has 0 aromatic carbocycles. The van der Waals surface area contributed by atoms with Crippen molar-refractivity contribution >= 4 is 54.9 Å². The molecule has 7 heavy (non-hydrogen) atoms. The Bertz CT molecular complexity index is 110.